The summed E-state index contributed by atoms with van der Waals surface area (Å²) in [6.45, 7) is 4.06. The summed E-state index contributed by atoms with van der Waals surface area (Å²) in [6, 6.07) is 15.5. The molecule has 0 aliphatic heterocycles. The summed E-state index contributed by atoms with van der Waals surface area (Å²) in [5.41, 5.74) is 4.52. The van der Waals surface area contributed by atoms with Crippen molar-refractivity contribution in [2.75, 3.05) is 6.61 Å². The van der Waals surface area contributed by atoms with Crippen LogP contribution in [0.25, 0.3) is 11.1 Å². The van der Waals surface area contributed by atoms with Crippen LogP contribution in [-0.2, 0) is 9.53 Å². The summed E-state index contributed by atoms with van der Waals surface area (Å²) in [5.74, 6) is -0.987. The second kappa shape index (κ2) is 9.09. The molecule has 2 aromatic rings. The van der Waals surface area contributed by atoms with E-state index in [1.807, 2.05) is 50.2 Å². The molecular formula is C23H27NO5. The molecule has 0 heterocycles. The normalized spacial score (nSPS) is 14.8. The van der Waals surface area contributed by atoms with Crippen molar-refractivity contribution in [3.63, 3.8) is 0 Å². The predicted octanol–water partition coefficient (Wildman–Crippen LogP) is 3.78. The zero-order chi connectivity index (χ0) is 21.0. The van der Waals surface area contributed by atoms with Crippen molar-refractivity contribution in [2.24, 2.45) is 5.92 Å². The van der Waals surface area contributed by atoms with Crippen LogP contribution in [0, 0.1) is 5.92 Å². The molecule has 2 unspecified atom stereocenters. The number of rotatable bonds is 8. The minimum absolute atomic E-state index is 0.0550. The summed E-state index contributed by atoms with van der Waals surface area (Å²) in [7, 11) is 0. The van der Waals surface area contributed by atoms with E-state index in [1.165, 1.54) is 0 Å². The number of hydrogen-bond donors (Lipinski definition) is 3. The molecule has 154 valence electrons. The van der Waals surface area contributed by atoms with Crippen LogP contribution in [0.3, 0.4) is 0 Å². The topological polar surface area (TPSA) is 95.9 Å². The summed E-state index contributed by atoms with van der Waals surface area (Å²) in [6.07, 6.45) is -1.79. The highest BCUT2D eigenvalue weighted by molar-refractivity contribution is 5.79. The lowest BCUT2D eigenvalue weighted by Gasteiger charge is -2.25. The monoisotopic (exact) mass is 397 g/mol. The fraction of sp³-hybridized carbons (Fsp3) is 0.391. The van der Waals surface area contributed by atoms with Crippen LogP contribution in [-0.4, -0.2) is 41.0 Å². The molecule has 6 nitrogen and oxygen atoms in total. The van der Waals surface area contributed by atoms with Gasteiger partial charge in [0, 0.05) is 5.92 Å². The highest BCUT2D eigenvalue weighted by atomic mass is 16.5. The Labute approximate surface area is 170 Å². The van der Waals surface area contributed by atoms with Crippen LogP contribution >= 0.6 is 0 Å². The molecule has 0 saturated carbocycles. The molecule has 1 aliphatic rings. The molecule has 6 heteroatoms. The van der Waals surface area contributed by atoms with Crippen LogP contribution in [0.2, 0.25) is 0 Å². The Kier molecular flexibility index (Phi) is 6.54. The average molecular weight is 397 g/mol. The Balaban J connectivity index is 1.67. The number of carboxylic acid groups (broad SMARTS) is 1. The summed E-state index contributed by atoms with van der Waals surface area (Å²) in [4.78, 5) is 23.3. The molecule has 0 spiro atoms. The number of carbonyl (C=O) groups is 2. The number of alkyl carbamates (subject to hydrolysis) is 1. The van der Waals surface area contributed by atoms with Crippen molar-refractivity contribution in [2.45, 2.75) is 44.8 Å². The largest absolute Gasteiger partial charge is 0.481 e. The van der Waals surface area contributed by atoms with Crippen LogP contribution < -0.4 is 5.32 Å². The number of aliphatic carboxylic acids is 1. The van der Waals surface area contributed by atoms with E-state index in [0.717, 1.165) is 22.3 Å². The van der Waals surface area contributed by atoms with Crippen LogP contribution in [0.1, 0.15) is 43.7 Å². The van der Waals surface area contributed by atoms with E-state index >= 15 is 0 Å². The number of nitrogens with one attached hydrogen (secondary N) is 1. The van der Waals surface area contributed by atoms with E-state index in [1.54, 1.807) is 0 Å². The van der Waals surface area contributed by atoms with Crippen molar-refractivity contribution < 1.29 is 24.5 Å². The first kappa shape index (κ1) is 20.9. The zero-order valence-electron chi connectivity index (χ0n) is 16.7. The molecule has 0 saturated heterocycles. The molecule has 1 aliphatic carbocycles. The van der Waals surface area contributed by atoms with Gasteiger partial charge in [0.25, 0.3) is 0 Å². The maximum atomic E-state index is 12.4. The number of carbonyl (C=O) groups excluding carboxylic acids is 1. The fourth-order valence-electron chi connectivity index (χ4n) is 3.93. The Bertz CT molecular complexity index is 834. The molecule has 29 heavy (non-hydrogen) atoms. The molecule has 0 aromatic heterocycles. The van der Waals surface area contributed by atoms with Gasteiger partial charge in [-0.2, -0.15) is 0 Å². The van der Waals surface area contributed by atoms with Gasteiger partial charge in [-0.1, -0.05) is 62.4 Å². The molecule has 1 amide bonds. The number of hydrogen-bond acceptors (Lipinski definition) is 4. The quantitative estimate of drug-likeness (QED) is 0.630. The number of aliphatic hydroxyl groups excluding tert-OH is 1. The number of carboxylic acids is 1. The van der Waals surface area contributed by atoms with E-state index in [-0.39, 0.29) is 18.4 Å². The molecule has 0 fully saturated rings. The van der Waals surface area contributed by atoms with E-state index < -0.39 is 30.6 Å². The predicted molar refractivity (Wildman–Crippen MR) is 110 cm³/mol. The third-order valence-electron chi connectivity index (χ3n) is 5.22. The molecule has 3 N–H and O–H groups in total. The van der Waals surface area contributed by atoms with Gasteiger partial charge in [-0.05, 0) is 34.6 Å². The molecule has 0 radical (unpaired) electrons. The van der Waals surface area contributed by atoms with Gasteiger partial charge < -0.3 is 20.3 Å². The standard InChI is InChI=1S/C23H27NO5/c1-14(2)11-20(21(25)12-22(26)27)24-23(28)29-13-19-17-9-5-3-7-15(17)16-8-4-6-10-18(16)19/h3-10,14,19-21,25H,11-13H2,1-2H3,(H,24,28)(H,26,27). The van der Waals surface area contributed by atoms with Crippen molar-refractivity contribution in [1.29, 1.82) is 0 Å². The Hall–Kier alpha value is -2.86. The molecule has 3 rings (SSSR count). The van der Waals surface area contributed by atoms with Gasteiger partial charge in [-0.15, -0.1) is 0 Å². The minimum atomic E-state index is -1.17. The minimum Gasteiger partial charge on any atom is -0.481 e. The van der Waals surface area contributed by atoms with Crippen molar-refractivity contribution in [3.05, 3.63) is 59.7 Å². The summed E-state index contributed by atoms with van der Waals surface area (Å²) >= 11 is 0. The Morgan fingerprint density at radius 3 is 2.10 bits per heavy atom. The molecule has 0 bridgehead atoms. The van der Waals surface area contributed by atoms with Gasteiger partial charge in [0.1, 0.15) is 6.61 Å². The average Bonchev–Trinajstić information content (AvgIpc) is 2.99. The second-order valence-corrected chi connectivity index (χ2v) is 7.87. The smallest absolute Gasteiger partial charge is 0.407 e. The third kappa shape index (κ3) is 4.95. The first-order valence-corrected chi connectivity index (χ1v) is 9.88. The highest BCUT2D eigenvalue weighted by Gasteiger charge is 2.30. The SMILES string of the molecule is CC(C)CC(NC(=O)OCC1c2ccccc2-c2ccccc21)C(O)CC(=O)O. The van der Waals surface area contributed by atoms with Crippen molar-refractivity contribution in [1.82, 2.24) is 5.32 Å². The third-order valence-corrected chi connectivity index (χ3v) is 5.22. The fourth-order valence-corrected chi connectivity index (χ4v) is 3.93. The summed E-state index contributed by atoms with van der Waals surface area (Å²) in [5, 5.41) is 21.7. The Morgan fingerprint density at radius 1 is 1.03 bits per heavy atom. The van der Waals surface area contributed by atoms with E-state index in [4.69, 9.17) is 9.84 Å². The highest BCUT2D eigenvalue weighted by Crippen LogP contribution is 2.44. The Morgan fingerprint density at radius 2 is 1.59 bits per heavy atom. The van der Waals surface area contributed by atoms with Gasteiger partial charge in [0.05, 0.1) is 18.6 Å². The second-order valence-electron chi connectivity index (χ2n) is 7.87. The summed E-state index contributed by atoms with van der Waals surface area (Å²) < 4.78 is 5.50. The van der Waals surface area contributed by atoms with Crippen molar-refractivity contribution >= 4 is 12.1 Å². The van der Waals surface area contributed by atoms with Gasteiger partial charge in [0.15, 0.2) is 0 Å². The molecule has 2 aromatic carbocycles. The van der Waals surface area contributed by atoms with Crippen LogP contribution in [0.4, 0.5) is 4.79 Å². The number of ether oxygens (including phenoxy) is 1. The maximum absolute atomic E-state index is 12.4. The van der Waals surface area contributed by atoms with Gasteiger partial charge in [-0.25, -0.2) is 4.79 Å². The number of amides is 1. The lowest BCUT2D eigenvalue weighted by atomic mass is 9.97. The lowest BCUT2D eigenvalue weighted by molar-refractivity contribution is -0.139. The van der Waals surface area contributed by atoms with Gasteiger partial charge in [-0.3, -0.25) is 4.79 Å². The first-order valence-electron chi connectivity index (χ1n) is 9.88. The maximum Gasteiger partial charge on any atom is 0.407 e. The van der Waals surface area contributed by atoms with Gasteiger partial charge >= 0.3 is 12.1 Å². The van der Waals surface area contributed by atoms with E-state index in [0.29, 0.717) is 6.42 Å². The van der Waals surface area contributed by atoms with E-state index in [9.17, 15) is 14.7 Å². The number of fused-ring (bicyclic) bond motifs is 3. The number of aliphatic hydroxyl groups is 1. The number of benzene rings is 2. The van der Waals surface area contributed by atoms with Crippen LogP contribution in [0.5, 0.6) is 0 Å². The lowest BCUT2D eigenvalue weighted by Crippen LogP contribution is -2.45. The zero-order valence-corrected chi connectivity index (χ0v) is 16.7. The van der Waals surface area contributed by atoms with Crippen molar-refractivity contribution in [3.8, 4) is 11.1 Å². The first-order chi connectivity index (χ1) is 13.9. The molecular weight excluding hydrogens is 370 g/mol. The van der Waals surface area contributed by atoms with Gasteiger partial charge in [0.2, 0.25) is 0 Å². The van der Waals surface area contributed by atoms with E-state index in [2.05, 4.69) is 17.4 Å². The molecule has 2 atom stereocenters. The van der Waals surface area contributed by atoms with Crippen LogP contribution in [0.15, 0.2) is 48.5 Å².